The largest absolute Gasteiger partial charge is 0.496 e. The molecule has 0 aliphatic heterocycles. The van der Waals surface area contributed by atoms with Gasteiger partial charge in [-0.3, -0.25) is 0 Å². The standard InChI is InChI=1S/C12H12BrNOS/c1-15-10-5-4-8(13)7-9(10)12(14)11-3-2-6-16-11/h2-7,12H,14H2,1H3/t12-/m1/s1. The first-order valence-corrected chi connectivity index (χ1v) is 6.52. The molecule has 0 aliphatic rings. The maximum Gasteiger partial charge on any atom is 0.124 e. The Bertz CT molecular complexity index is 470. The van der Waals surface area contributed by atoms with E-state index in [1.165, 1.54) is 0 Å². The highest BCUT2D eigenvalue weighted by molar-refractivity contribution is 9.10. The smallest absolute Gasteiger partial charge is 0.124 e. The molecule has 0 unspecified atom stereocenters. The second kappa shape index (κ2) is 4.99. The normalized spacial score (nSPS) is 12.4. The summed E-state index contributed by atoms with van der Waals surface area (Å²) >= 11 is 5.10. The molecule has 0 saturated heterocycles. The van der Waals surface area contributed by atoms with Crippen LogP contribution < -0.4 is 10.5 Å². The zero-order valence-corrected chi connectivity index (χ0v) is 11.2. The molecule has 2 aromatic rings. The summed E-state index contributed by atoms with van der Waals surface area (Å²) in [5.74, 6) is 0.823. The van der Waals surface area contributed by atoms with E-state index in [0.717, 1.165) is 20.7 Å². The topological polar surface area (TPSA) is 35.2 Å². The van der Waals surface area contributed by atoms with Gasteiger partial charge in [0.15, 0.2) is 0 Å². The molecule has 0 aliphatic carbocycles. The summed E-state index contributed by atoms with van der Waals surface area (Å²) in [6.45, 7) is 0. The predicted molar refractivity (Wildman–Crippen MR) is 71.0 cm³/mol. The summed E-state index contributed by atoms with van der Waals surface area (Å²) in [5, 5.41) is 2.03. The van der Waals surface area contributed by atoms with Crippen LogP contribution in [0.25, 0.3) is 0 Å². The maximum absolute atomic E-state index is 6.22. The molecule has 2 N–H and O–H groups in total. The monoisotopic (exact) mass is 297 g/mol. The first-order chi connectivity index (χ1) is 7.72. The second-order valence-electron chi connectivity index (χ2n) is 3.38. The van der Waals surface area contributed by atoms with Crippen molar-refractivity contribution in [1.29, 1.82) is 0 Å². The summed E-state index contributed by atoms with van der Waals surface area (Å²) in [5.41, 5.74) is 7.21. The molecular formula is C12H12BrNOS. The highest BCUT2D eigenvalue weighted by atomic mass is 79.9. The molecular weight excluding hydrogens is 286 g/mol. The van der Waals surface area contributed by atoms with Crippen LogP contribution in [0.4, 0.5) is 0 Å². The van der Waals surface area contributed by atoms with E-state index in [1.54, 1.807) is 18.4 Å². The average Bonchev–Trinajstić information content (AvgIpc) is 2.81. The van der Waals surface area contributed by atoms with Crippen molar-refractivity contribution in [2.75, 3.05) is 7.11 Å². The van der Waals surface area contributed by atoms with Crippen LogP contribution in [-0.2, 0) is 0 Å². The molecule has 0 radical (unpaired) electrons. The fourth-order valence-corrected chi connectivity index (χ4v) is 2.69. The van der Waals surface area contributed by atoms with E-state index in [4.69, 9.17) is 10.5 Å². The van der Waals surface area contributed by atoms with Crippen molar-refractivity contribution in [1.82, 2.24) is 0 Å². The number of benzene rings is 1. The molecule has 0 bridgehead atoms. The Balaban J connectivity index is 2.42. The summed E-state index contributed by atoms with van der Waals surface area (Å²) < 4.78 is 6.33. The van der Waals surface area contributed by atoms with Crippen LogP contribution in [0.2, 0.25) is 0 Å². The van der Waals surface area contributed by atoms with Crippen LogP contribution in [0.5, 0.6) is 5.75 Å². The Morgan fingerprint density at radius 3 is 2.81 bits per heavy atom. The van der Waals surface area contributed by atoms with Crippen LogP contribution in [0.15, 0.2) is 40.2 Å². The second-order valence-corrected chi connectivity index (χ2v) is 5.27. The molecule has 1 aromatic heterocycles. The van der Waals surface area contributed by atoms with Crippen LogP contribution in [0.3, 0.4) is 0 Å². The van der Waals surface area contributed by atoms with Crippen molar-refractivity contribution in [3.63, 3.8) is 0 Å². The fourth-order valence-electron chi connectivity index (χ4n) is 1.57. The number of thiophene rings is 1. The number of halogens is 1. The number of hydrogen-bond donors (Lipinski definition) is 1. The van der Waals surface area contributed by atoms with Gasteiger partial charge in [0.2, 0.25) is 0 Å². The molecule has 4 heteroatoms. The third-order valence-corrected chi connectivity index (χ3v) is 3.83. The average molecular weight is 298 g/mol. The highest BCUT2D eigenvalue weighted by Crippen LogP contribution is 2.32. The lowest BCUT2D eigenvalue weighted by molar-refractivity contribution is 0.408. The zero-order valence-electron chi connectivity index (χ0n) is 8.81. The van der Waals surface area contributed by atoms with Crippen molar-refractivity contribution in [3.8, 4) is 5.75 Å². The van der Waals surface area contributed by atoms with Crippen molar-refractivity contribution in [2.24, 2.45) is 5.73 Å². The van der Waals surface area contributed by atoms with Crippen molar-refractivity contribution in [3.05, 3.63) is 50.6 Å². The van der Waals surface area contributed by atoms with Gasteiger partial charge in [0.1, 0.15) is 5.75 Å². The van der Waals surface area contributed by atoms with Gasteiger partial charge in [-0.15, -0.1) is 11.3 Å². The number of methoxy groups -OCH3 is 1. The molecule has 0 spiro atoms. The molecule has 84 valence electrons. The molecule has 1 heterocycles. The number of rotatable bonds is 3. The van der Waals surface area contributed by atoms with Crippen molar-refractivity contribution in [2.45, 2.75) is 6.04 Å². The quantitative estimate of drug-likeness (QED) is 0.940. The molecule has 0 amide bonds. The minimum atomic E-state index is -0.132. The van der Waals surface area contributed by atoms with Crippen molar-refractivity contribution >= 4 is 27.3 Å². The molecule has 2 rings (SSSR count). The molecule has 2 nitrogen and oxygen atoms in total. The van der Waals surface area contributed by atoms with E-state index in [-0.39, 0.29) is 6.04 Å². The van der Waals surface area contributed by atoms with E-state index in [0.29, 0.717) is 0 Å². The van der Waals surface area contributed by atoms with Crippen molar-refractivity contribution < 1.29 is 4.74 Å². The molecule has 1 atom stereocenters. The molecule has 0 saturated carbocycles. The van der Waals surface area contributed by atoms with Gasteiger partial charge in [0, 0.05) is 14.9 Å². The first kappa shape index (κ1) is 11.6. The Morgan fingerprint density at radius 2 is 2.19 bits per heavy atom. The van der Waals surface area contributed by atoms with Crippen LogP contribution in [-0.4, -0.2) is 7.11 Å². The Labute approximate surface area is 107 Å². The lowest BCUT2D eigenvalue weighted by atomic mass is 10.1. The van der Waals surface area contributed by atoms with E-state index in [2.05, 4.69) is 15.9 Å². The van der Waals surface area contributed by atoms with Crippen LogP contribution in [0, 0.1) is 0 Å². The van der Waals surface area contributed by atoms with E-state index < -0.39 is 0 Å². The van der Waals surface area contributed by atoms with Gasteiger partial charge in [-0.1, -0.05) is 22.0 Å². The Hall–Kier alpha value is -0.840. The maximum atomic E-state index is 6.22. The third kappa shape index (κ3) is 2.29. The Kier molecular flexibility index (Phi) is 3.63. The summed E-state index contributed by atoms with van der Waals surface area (Å²) in [6.07, 6.45) is 0. The minimum Gasteiger partial charge on any atom is -0.496 e. The van der Waals surface area contributed by atoms with Gasteiger partial charge in [0.05, 0.1) is 13.2 Å². The number of nitrogens with two attached hydrogens (primary N) is 1. The van der Waals surface area contributed by atoms with Gasteiger partial charge in [0.25, 0.3) is 0 Å². The van der Waals surface area contributed by atoms with Crippen LogP contribution in [0.1, 0.15) is 16.5 Å². The third-order valence-electron chi connectivity index (χ3n) is 2.38. The summed E-state index contributed by atoms with van der Waals surface area (Å²) in [7, 11) is 1.66. The minimum absolute atomic E-state index is 0.132. The van der Waals surface area contributed by atoms with Gasteiger partial charge < -0.3 is 10.5 Å². The number of ether oxygens (including phenoxy) is 1. The van der Waals surface area contributed by atoms with Gasteiger partial charge in [-0.25, -0.2) is 0 Å². The highest BCUT2D eigenvalue weighted by Gasteiger charge is 2.15. The van der Waals surface area contributed by atoms with Gasteiger partial charge >= 0.3 is 0 Å². The van der Waals surface area contributed by atoms with Crippen LogP contribution >= 0.6 is 27.3 Å². The van der Waals surface area contributed by atoms with Gasteiger partial charge in [-0.2, -0.15) is 0 Å². The van der Waals surface area contributed by atoms with E-state index >= 15 is 0 Å². The molecule has 0 fully saturated rings. The zero-order chi connectivity index (χ0) is 11.5. The lowest BCUT2D eigenvalue weighted by Gasteiger charge is -2.14. The SMILES string of the molecule is COc1ccc(Br)cc1[C@@H](N)c1cccs1. The number of hydrogen-bond acceptors (Lipinski definition) is 3. The lowest BCUT2D eigenvalue weighted by Crippen LogP contribution is -2.11. The van der Waals surface area contributed by atoms with E-state index in [1.807, 2.05) is 35.7 Å². The Morgan fingerprint density at radius 1 is 1.38 bits per heavy atom. The van der Waals surface area contributed by atoms with Gasteiger partial charge in [-0.05, 0) is 29.6 Å². The summed E-state index contributed by atoms with van der Waals surface area (Å²) in [4.78, 5) is 1.14. The predicted octanol–water partition coefficient (Wildman–Crippen LogP) is 3.57. The molecule has 16 heavy (non-hydrogen) atoms. The summed E-state index contributed by atoms with van der Waals surface area (Å²) in [6, 6.07) is 9.78. The fraction of sp³-hybridized carbons (Fsp3) is 0.167. The molecule has 1 aromatic carbocycles. The first-order valence-electron chi connectivity index (χ1n) is 4.85. The van der Waals surface area contributed by atoms with E-state index in [9.17, 15) is 0 Å².